The Morgan fingerprint density at radius 2 is 2.05 bits per heavy atom. The Balaban J connectivity index is 2.32. The van der Waals surface area contributed by atoms with Crippen molar-refractivity contribution in [3.63, 3.8) is 0 Å². The van der Waals surface area contributed by atoms with E-state index in [0.717, 1.165) is 13.0 Å². The Hall–Kier alpha value is -0.870. The fraction of sp³-hybridized carbons (Fsp3) is 0.800. The Labute approximate surface area is 117 Å². The van der Waals surface area contributed by atoms with E-state index in [-0.39, 0.29) is 5.54 Å². The molecular formula is C15H28N4. The fourth-order valence-electron chi connectivity index (χ4n) is 3.35. The van der Waals surface area contributed by atoms with Gasteiger partial charge in [-0.1, -0.05) is 13.8 Å². The predicted octanol–water partition coefficient (Wildman–Crippen LogP) is 2.34. The molecule has 0 amide bonds. The van der Waals surface area contributed by atoms with Crippen LogP contribution in [-0.2, 0) is 7.05 Å². The smallest absolute Gasteiger partial charge is 0.0675 e. The van der Waals surface area contributed by atoms with E-state index in [9.17, 15) is 0 Å². The van der Waals surface area contributed by atoms with Crippen LogP contribution in [0.3, 0.4) is 0 Å². The van der Waals surface area contributed by atoms with Gasteiger partial charge < -0.3 is 5.32 Å². The minimum Gasteiger partial charge on any atom is -0.307 e. The molecule has 4 heteroatoms. The van der Waals surface area contributed by atoms with E-state index in [1.807, 2.05) is 17.9 Å². The van der Waals surface area contributed by atoms with Crippen molar-refractivity contribution in [3.8, 4) is 0 Å². The average Bonchev–Trinajstić information content (AvgIpc) is 3.06. The molecule has 1 aromatic heterocycles. The molecule has 1 aromatic rings. The lowest BCUT2D eigenvalue weighted by atomic mass is 9.85. The molecule has 2 unspecified atom stereocenters. The van der Waals surface area contributed by atoms with Crippen molar-refractivity contribution >= 4 is 0 Å². The Bertz CT molecular complexity index is 395. The first kappa shape index (κ1) is 14.5. The zero-order valence-corrected chi connectivity index (χ0v) is 12.8. The molecule has 0 saturated carbocycles. The number of aryl methyl sites for hydroxylation is 1. The quantitative estimate of drug-likeness (QED) is 0.856. The number of nitrogens with zero attached hydrogens (tertiary/aromatic N) is 3. The van der Waals surface area contributed by atoms with Crippen LogP contribution in [0, 0.1) is 0 Å². The van der Waals surface area contributed by atoms with Gasteiger partial charge in [0, 0.05) is 18.8 Å². The molecule has 0 radical (unpaired) electrons. The maximum absolute atomic E-state index is 4.35. The van der Waals surface area contributed by atoms with Crippen molar-refractivity contribution in [2.75, 3.05) is 19.6 Å². The normalized spacial score (nSPS) is 21.5. The van der Waals surface area contributed by atoms with Gasteiger partial charge in [-0.15, -0.1) is 0 Å². The SMILES string of the molecule is CCNC(c1ccnn1C)C(C)(CC)N1CCCC1. The highest BCUT2D eigenvalue weighted by atomic mass is 15.3. The highest BCUT2D eigenvalue weighted by Crippen LogP contribution is 2.36. The van der Waals surface area contributed by atoms with Crippen LogP contribution >= 0.6 is 0 Å². The van der Waals surface area contributed by atoms with Crippen molar-refractivity contribution in [2.24, 2.45) is 7.05 Å². The third kappa shape index (κ3) is 2.70. The lowest BCUT2D eigenvalue weighted by Gasteiger charge is -2.44. The molecule has 1 N–H and O–H groups in total. The zero-order chi connectivity index (χ0) is 13.9. The number of hydrogen-bond donors (Lipinski definition) is 1. The van der Waals surface area contributed by atoms with Gasteiger partial charge in [-0.05, 0) is 51.9 Å². The Morgan fingerprint density at radius 1 is 1.37 bits per heavy atom. The second-order valence-corrected chi connectivity index (χ2v) is 5.78. The lowest BCUT2D eigenvalue weighted by Crippen LogP contribution is -2.53. The van der Waals surface area contributed by atoms with E-state index < -0.39 is 0 Å². The molecule has 2 heterocycles. The van der Waals surface area contributed by atoms with E-state index in [4.69, 9.17) is 0 Å². The molecule has 0 aliphatic carbocycles. The monoisotopic (exact) mass is 264 g/mol. The van der Waals surface area contributed by atoms with Gasteiger partial charge in [-0.25, -0.2) is 0 Å². The lowest BCUT2D eigenvalue weighted by molar-refractivity contribution is 0.0813. The van der Waals surface area contributed by atoms with Crippen LogP contribution in [0.5, 0.6) is 0 Å². The summed E-state index contributed by atoms with van der Waals surface area (Å²) in [5.41, 5.74) is 1.46. The molecule has 1 aliphatic rings. The van der Waals surface area contributed by atoms with Crippen LogP contribution in [-0.4, -0.2) is 39.9 Å². The summed E-state index contributed by atoms with van der Waals surface area (Å²) in [5, 5.41) is 8.04. The zero-order valence-electron chi connectivity index (χ0n) is 12.8. The Morgan fingerprint density at radius 3 is 2.53 bits per heavy atom. The summed E-state index contributed by atoms with van der Waals surface area (Å²) < 4.78 is 2.01. The van der Waals surface area contributed by atoms with Crippen molar-refractivity contribution in [1.29, 1.82) is 0 Å². The van der Waals surface area contributed by atoms with Crippen LogP contribution in [0.15, 0.2) is 12.3 Å². The van der Waals surface area contributed by atoms with Crippen molar-refractivity contribution in [3.05, 3.63) is 18.0 Å². The van der Waals surface area contributed by atoms with Crippen LogP contribution < -0.4 is 5.32 Å². The van der Waals surface area contributed by atoms with E-state index in [1.54, 1.807) is 0 Å². The third-order valence-corrected chi connectivity index (χ3v) is 4.73. The third-order valence-electron chi connectivity index (χ3n) is 4.73. The van der Waals surface area contributed by atoms with Gasteiger partial charge in [0.25, 0.3) is 0 Å². The second kappa shape index (κ2) is 6.06. The van der Waals surface area contributed by atoms with Crippen LogP contribution in [0.1, 0.15) is 51.8 Å². The molecule has 0 spiro atoms. The highest BCUT2D eigenvalue weighted by Gasteiger charge is 2.40. The summed E-state index contributed by atoms with van der Waals surface area (Å²) in [7, 11) is 2.04. The predicted molar refractivity (Wildman–Crippen MR) is 79.1 cm³/mol. The minimum atomic E-state index is 0.167. The fourth-order valence-corrected chi connectivity index (χ4v) is 3.35. The van der Waals surface area contributed by atoms with Crippen LogP contribution in [0.25, 0.3) is 0 Å². The van der Waals surface area contributed by atoms with Crippen molar-refractivity contribution in [2.45, 2.75) is 51.6 Å². The number of hydrogen-bond acceptors (Lipinski definition) is 3. The number of likely N-dealkylation sites (N-methyl/N-ethyl adjacent to an activating group) is 1. The van der Waals surface area contributed by atoms with Gasteiger partial charge in [-0.2, -0.15) is 5.10 Å². The maximum Gasteiger partial charge on any atom is 0.0675 e. The van der Waals surface area contributed by atoms with Gasteiger partial charge in [0.2, 0.25) is 0 Å². The molecule has 4 nitrogen and oxygen atoms in total. The number of likely N-dealkylation sites (tertiary alicyclic amines) is 1. The number of nitrogens with one attached hydrogen (secondary N) is 1. The van der Waals surface area contributed by atoms with Crippen molar-refractivity contribution < 1.29 is 0 Å². The summed E-state index contributed by atoms with van der Waals surface area (Å²) in [5.74, 6) is 0. The molecule has 19 heavy (non-hydrogen) atoms. The van der Waals surface area contributed by atoms with Crippen LogP contribution in [0.4, 0.5) is 0 Å². The molecule has 1 saturated heterocycles. The largest absolute Gasteiger partial charge is 0.307 e. The molecule has 2 atom stereocenters. The van der Waals surface area contributed by atoms with Crippen LogP contribution in [0.2, 0.25) is 0 Å². The minimum absolute atomic E-state index is 0.167. The molecule has 0 bridgehead atoms. The second-order valence-electron chi connectivity index (χ2n) is 5.78. The molecule has 0 aromatic carbocycles. The molecule has 2 rings (SSSR count). The van der Waals surface area contributed by atoms with E-state index in [1.165, 1.54) is 31.6 Å². The van der Waals surface area contributed by atoms with Crippen molar-refractivity contribution in [1.82, 2.24) is 20.0 Å². The summed E-state index contributed by atoms with van der Waals surface area (Å²) in [6.07, 6.45) is 5.72. The number of rotatable bonds is 6. The summed E-state index contributed by atoms with van der Waals surface area (Å²) in [4.78, 5) is 2.66. The van der Waals surface area contributed by atoms with E-state index >= 15 is 0 Å². The first-order valence-electron chi connectivity index (χ1n) is 7.59. The van der Waals surface area contributed by atoms with Gasteiger partial charge in [0.15, 0.2) is 0 Å². The first-order chi connectivity index (χ1) is 9.13. The summed E-state index contributed by atoms with van der Waals surface area (Å²) in [6, 6.07) is 2.49. The van der Waals surface area contributed by atoms with Gasteiger partial charge >= 0.3 is 0 Å². The van der Waals surface area contributed by atoms with E-state index in [2.05, 4.69) is 42.2 Å². The Kier molecular flexibility index (Phi) is 4.63. The highest BCUT2D eigenvalue weighted by molar-refractivity contribution is 5.15. The first-order valence-corrected chi connectivity index (χ1v) is 7.59. The molecule has 108 valence electrons. The summed E-state index contributed by atoms with van der Waals surface area (Å²) >= 11 is 0. The van der Waals surface area contributed by atoms with E-state index in [0.29, 0.717) is 6.04 Å². The van der Waals surface area contributed by atoms with Gasteiger partial charge in [-0.3, -0.25) is 9.58 Å². The molecule has 1 fully saturated rings. The van der Waals surface area contributed by atoms with Gasteiger partial charge in [0.1, 0.15) is 0 Å². The maximum atomic E-state index is 4.35. The topological polar surface area (TPSA) is 33.1 Å². The van der Waals surface area contributed by atoms with Gasteiger partial charge in [0.05, 0.1) is 11.7 Å². The standard InChI is InChI=1S/C15H28N4/c1-5-15(3,19-11-7-8-12-19)14(16-6-2)13-9-10-17-18(13)4/h9-10,14,16H,5-8,11-12H2,1-4H3. The average molecular weight is 264 g/mol. The summed E-state index contributed by atoms with van der Waals surface area (Å²) in [6.45, 7) is 10.3. The molecule has 1 aliphatic heterocycles. The molecular weight excluding hydrogens is 236 g/mol. The number of aromatic nitrogens is 2.